The van der Waals surface area contributed by atoms with Gasteiger partial charge in [0, 0.05) is 0 Å². The fraction of sp³-hybridized carbons (Fsp3) is 0.250. The van der Waals surface area contributed by atoms with Crippen LogP contribution in [0.1, 0.15) is 29.7 Å². The summed E-state index contributed by atoms with van der Waals surface area (Å²) >= 11 is 0. The van der Waals surface area contributed by atoms with E-state index in [1.807, 2.05) is 13.0 Å². The van der Waals surface area contributed by atoms with Gasteiger partial charge in [0.15, 0.2) is 0 Å². The summed E-state index contributed by atoms with van der Waals surface area (Å²) < 4.78 is 37.5. The van der Waals surface area contributed by atoms with E-state index in [2.05, 4.69) is 0 Å². The molecular weight excluding hydrogens is 265 g/mol. The van der Waals surface area contributed by atoms with Crippen molar-refractivity contribution in [3.8, 4) is 11.1 Å². The first-order valence-electron chi connectivity index (χ1n) is 6.25. The molecule has 2 aromatic carbocycles. The van der Waals surface area contributed by atoms with Crippen LogP contribution < -0.4 is 0 Å². The minimum Gasteiger partial charge on any atom is -0.389 e. The zero-order valence-corrected chi connectivity index (χ0v) is 11.2. The molecule has 2 aromatic rings. The van der Waals surface area contributed by atoms with Gasteiger partial charge in [-0.15, -0.1) is 0 Å². The zero-order chi connectivity index (χ0) is 14.9. The Morgan fingerprint density at radius 2 is 1.50 bits per heavy atom. The van der Waals surface area contributed by atoms with Gasteiger partial charge >= 0.3 is 6.18 Å². The summed E-state index contributed by atoms with van der Waals surface area (Å²) in [6.07, 6.45) is -4.87. The van der Waals surface area contributed by atoms with Crippen LogP contribution in [-0.2, 0) is 6.18 Å². The lowest BCUT2D eigenvalue weighted by Crippen LogP contribution is -2.04. The first-order chi connectivity index (χ1) is 9.29. The lowest BCUT2D eigenvalue weighted by molar-refractivity contribution is -0.137. The van der Waals surface area contributed by atoms with Crippen molar-refractivity contribution < 1.29 is 18.3 Å². The summed E-state index contributed by atoms with van der Waals surface area (Å²) in [6.45, 7) is 3.55. The number of benzene rings is 2. The predicted octanol–water partition coefficient (Wildman–Crippen LogP) is 4.73. The molecule has 1 nitrogen and oxygen atoms in total. The maximum atomic E-state index is 12.5. The van der Waals surface area contributed by atoms with Gasteiger partial charge < -0.3 is 5.11 Å². The highest BCUT2D eigenvalue weighted by Crippen LogP contribution is 2.31. The van der Waals surface area contributed by atoms with Gasteiger partial charge in [-0.25, -0.2) is 0 Å². The fourth-order valence-electron chi connectivity index (χ4n) is 2.18. The van der Waals surface area contributed by atoms with Gasteiger partial charge in [0.25, 0.3) is 0 Å². The van der Waals surface area contributed by atoms with Crippen LogP contribution in [-0.4, -0.2) is 5.11 Å². The molecule has 0 aromatic heterocycles. The first kappa shape index (κ1) is 14.6. The SMILES string of the molecule is Cc1cc(-c2ccc(C(F)(F)F)cc2)ccc1[C@H](C)O. The Bertz CT molecular complexity index is 598. The molecule has 2 rings (SSSR count). The lowest BCUT2D eigenvalue weighted by atomic mass is 9.97. The molecule has 1 atom stereocenters. The summed E-state index contributed by atoms with van der Waals surface area (Å²) in [4.78, 5) is 0. The normalized spacial score (nSPS) is 13.3. The molecule has 0 saturated heterocycles. The number of hydrogen-bond donors (Lipinski definition) is 1. The van der Waals surface area contributed by atoms with Gasteiger partial charge in [0.1, 0.15) is 0 Å². The van der Waals surface area contributed by atoms with E-state index in [9.17, 15) is 18.3 Å². The molecule has 20 heavy (non-hydrogen) atoms. The van der Waals surface area contributed by atoms with Crippen molar-refractivity contribution in [2.75, 3.05) is 0 Å². The van der Waals surface area contributed by atoms with Crippen LogP contribution >= 0.6 is 0 Å². The van der Waals surface area contributed by atoms with Gasteiger partial charge in [-0.3, -0.25) is 0 Å². The maximum Gasteiger partial charge on any atom is 0.416 e. The van der Waals surface area contributed by atoms with E-state index in [1.165, 1.54) is 12.1 Å². The summed E-state index contributed by atoms with van der Waals surface area (Å²) in [5.41, 5.74) is 2.63. The van der Waals surface area contributed by atoms with Crippen molar-refractivity contribution in [2.24, 2.45) is 0 Å². The van der Waals surface area contributed by atoms with Crippen molar-refractivity contribution in [1.82, 2.24) is 0 Å². The van der Waals surface area contributed by atoms with Gasteiger partial charge in [0.2, 0.25) is 0 Å². The Morgan fingerprint density at radius 3 is 1.95 bits per heavy atom. The largest absolute Gasteiger partial charge is 0.416 e. The van der Waals surface area contributed by atoms with Gasteiger partial charge in [-0.1, -0.05) is 30.3 Å². The number of rotatable bonds is 2. The van der Waals surface area contributed by atoms with Crippen LogP contribution in [0, 0.1) is 6.92 Å². The molecule has 0 aliphatic heterocycles. The number of aryl methyl sites for hydroxylation is 1. The monoisotopic (exact) mass is 280 g/mol. The molecule has 0 unspecified atom stereocenters. The van der Waals surface area contributed by atoms with Crippen LogP contribution in [0.4, 0.5) is 13.2 Å². The average Bonchev–Trinajstić information content (AvgIpc) is 2.37. The number of halogens is 3. The molecule has 4 heteroatoms. The molecule has 0 radical (unpaired) electrons. The highest BCUT2D eigenvalue weighted by atomic mass is 19.4. The number of aliphatic hydroxyl groups is 1. The van der Waals surface area contributed by atoms with Crippen molar-refractivity contribution in [2.45, 2.75) is 26.1 Å². The maximum absolute atomic E-state index is 12.5. The fourth-order valence-corrected chi connectivity index (χ4v) is 2.18. The van der Waals surface area contributed by atoms with E-state index in [1.54, 1.807) is 19.1 Å². The molecule has 0 saturated carbocycles. The standard InChI is InChI=1S/C16H15F3O/c1-10-9-13(5-8-15(10)11(2)20)12-3-6-14(7-4-12)16(17,18)19/h3-9,11,20H,1-2H3/t11-/m0/s1. The molecular formula is C16H15F3O. The lowest BCUT2D eigenvalue weighted by Gasteiger charge is -2.12. The van der Waals surface area contributed by atoms with Crippen molar-refractivity contribution in [3.05, 3.63) is 59.2 Å². The van der Waals surface area contributed by atoms with Crippen LogP contribution in [0.3, 0.4) is 0 Å². The van der Waals surface area contributed by atoms with E-state index < -0.39 is 17.8 Å². The molecule has 106 valence electrons. The van der Waals surface area contributed by atoms with E-state index in [-0.39, 0.29) is 0 Å². The Hall–Kier alpha value is -1.81. The van der Waals surface area contributed by atoms with Crippen LogP contribution in [0.2, 0.25) is 0 Å². The molecule has 0 aliphatic carbocycles. The second kappa shape index (κ2) is 5.29. The molecule has 0 spiro atoms. The molecule has 0 fully saturated rings. The van der Waals surface area contributed by atoms with E-state index in [0.717, 1.165) is 34.4 Å². The minimum absolute atomic E-state index is 0.559. The zero-order valence-electron chi connectivity index (χ0n) is 11.2. The number of alkyl halides is 3. The third-order valence-corrected chi connectivity index (χ3v) is 3.27. The van der Waals surface area contributed by atoms with Crippen molar-refractivity contribution >= 4 is 0 Å². The van der Waals surface area contributed by atoms with E-state index in [0.29, 0.717) is 0 Å². The van der Waals surface area contributed by atoms with Gasteiger partial charge in [0.05, 0.1) is 11.7 Å². The number of hydrogen-bond acceptors (Lipinski definition) is 1. The molecule has 0 bridgehead atoms. The van der Waals surface area contributed by atoms with Gasteiger partial charge in [-0.2, -0.15) is 13.2 Å². The Morgan fingerprint density at radius 1 is 0.950 bits per heavy atom. The number of aliphatic hydroxyl groups excluding tert-OH is 1. The summed E-state index contributed by atoms with van der Waals surface area (Å²) in [5, 5.41) is 9.57. The van der Waals surface area contributed by atoms with Gasteiger partial charge in [-0.05, 0) is 48.2 Å². The molecule has 1 N–H and O–H groups in total. The first-order valence-corrected chi connectivity index (χ1v) is 6.25. The molecule has 0 aliphatic rings. The van der Waals surface area contributed by atoms with Crippen LogP contribution in [0.5, 0.6) is 0 Å². The summed E-state index contributed by atoms with van der Waals surface area (Å²) in [6, 6.07) is 10.5. The molecule has 0 heterocycles. The van der Waals surface area contributed by atoms with E-state index >= 15 is 0 Å². The second-order valence-electron chi connectivity index (χ2n) is 4.82. The second-order valence-corrected chi connectivity index (χ2v) is 4.82. The third kappa shape index (κ3) is 3.02. The average molecular weight is 280 g/mol. The van der Waals surface area contributed by atoms with Crippen LogP contribution in [0.15, 0.2) is 42.5 Å². The summed E-state index contributed by atoms with van der Waals surface area (Å²) in [7, 11) is 0. The Balaban J connectivity index is 2.35. The highest BCUT2D eigenvalue weighted by molar-refractivity contribution is 5.65. The topological polar surface area (TPSA) is 20.2 Å². The third-order valence-electron chi connectivity index (χ3n) is 3.27. The highest BCUT2D eigenvalue weighted by Gasteiger charge is 2.29. The quantitative estimate of drug-likeness (QED) is 0.842. The Kier molecular flexibility index (Phi) is 3.86. The van der Waals surface area contributed by atoms with Crippen molar-refractivity contribution in [1.29, 1.82) is 0 Å². The summed E-state index contributed by atoms with van der Waals surface area (Å²) in [5.74, 6) is 0. The Labute approximate surface area is 115 Å². The predicted molar refractivity (Wildman–Crippen MR) is 72.3 cm³/mol. The smallest absolute Gasteiger partial charge is 0.389 e. The van der Waals surface area contributed by atoms with Crippen molar-refractivity contribution in [3.63, 3.8) is 0 Å². The molecule has 0 amide bonds. The van der Waals surface area contributed by atoms with E-state index in [4.69, 9.17) is 0 Å². The minimum atomic E-state index is -4.31. The van der Waals surface area contributed by atoms with Crippen LogP contribution in [0.25, 0.3) is 11.1 Å².